The van der Waals surface area contributed by atoms with E-state index in [0.717, 1.165) is 17.1 Å². The van der Waals surface area contributed by atoms with Gasteiger partial charge in [-0.05, 0) is 38.6 Å². The molecule has 0 saturated carbocycles. The van der Waals surface area contributed by atoms with E-state index < -0.39 is 0 Å². The highest BCUT2D eigenvalue weighted by Gasteiger charge is 2.12. The second-order valence-electron chi connectivity index (χ2n) is 4.01. The van der Waals surface area contributed by atoms with Crippen LogP contribution in [0.5, 0.6) is 11.5 Å². The summed E-state index contributed by atoms with van der Waals surface area (Å²) < 4.78 is 10.6. The van der Waals surface area contributed by atoms with Crippen LogP contribution in [0.3, 0.4) is 0 Å². The first-order valence-electron chi connectivity index (χ1n) is 5.46. The first-order chi connectivity index (χ1) is 7.70. The summed E-state index contributed by atoms with van der Waals surface area (Å²) in [6, 6.07) is 6.38. The quantitative estimate of drug-likeness (QED) is 0.847. The Morgan fingerprint density at radius 3 is 2.88 bits per heavy atom. The summed E-state index contributed by atoms with van der Waals surface area (Å²) in [7, 11) is 1.96. The topological polar surface area (TPSA) is 30.5 Å². The summed E-state index contributed by atoms with van der Waals surface area (Å²) in [6.07, 6.45) is 2.16. The van der Waals surface area contributed by atoms with E-state index in [1.165, 1.54) is 5.57 Å². The van der Waals surface area contributed by atoms with Gasteiger partial charge in [0.1, 0.15) is 0 Å². The summed E-state index contributed by atoms with van der Waals surface area (Å²) in [5, 5.41) is 3.21. The molecule has 1 heterocycles. The minimum Gasteiger partial charge on any atom is -0.454 e. The van der Waals surface area contributed by atoms with Crippen molar-refractivity contribution in [3.63, 3.8) is 0 Å². The molecule has 3 nitrogen and oxygen atoms in total. The third-order valence-electron chi connectivity index (χ3n) is 2.91. The maximum atomic E-state index is 5.34. The maximum absolute atomic E-state index is 5.34. The molecule has 0 aromatic heterocycles. The number of benzene rings is 1. The number of rotatable bonds is 3. The van der Waals surface area contributed by atoms with E-state index in [0.29, 0.717) is 12.8 Å². The number of hydrogen-bond acceptors (Lipinski definition) is 3. The lowest BCUT2D eigenvalue weighted by Gasteiger charge is -2.10. The van der Waals surface area contributed by atoms with Gasteiger partial charge in [0.2, 0.25) is 6.79 Å². The van der Waals surface area contributed by atoms with Crippen LogP contribution in [0.1, 0.15) is 19.4 Å². The molecular weight excluding hydrogens is 202 g/mol. The Labute approximate surface area is 96.1 Å². The molecule has 3 heteroatoms. The molecule has 2 rings (SSSR count). The predicted octanol–water partition coefficient (Wildman–Crippen LogP) is 2.43. The fraction of sp³-hybridized carbons (Fsp3) is 0.385. The van der Waals surface area contributed by atoms with Crippen molar-refractivity contribution in [2.45, 2.75) is 19.9 Å². The third-order valence-corrected chi connectivity index (χ3v) is 2.91. The Balaban J connectivity index is 2.22. The molecule has 86 valence electrons. The van der Waals surface area contributed by atoms with Crippen LogP contribution in [-0.2, 0) is 0 Å². The SMILES string of the molecule is CNC(C)/C(C)=C/c1ccc2c(c1)OCO2. The number of fused-ring (bicyclic) bond motifs is 1. The van der Waals surface area contributed by atoms with Gasteiger partial charge in [0.25, 0.3) is 0 Å². The van der Waals surface area contributed by atoms with Gasteiger partial charge in [-0.2, -0.15) is 0 Å². The van der Waals surface area contributed by atoms with Crippen molar-refractivity contribution in [1.29, 1.82) is 0 Å². The Hall–Kier alpha value is -1.48. The lowest BCUT2D eigenvalue weighted by Crippen LogP contribution is -2.21. The zero-order valence-corrected chi connectivity index (χ0v) is 9.91. The zero-order chi connectivity index (χ0) is 11.5. The van der Waals surface area contributed by atoms with Crippen molar-refractivity contribution in [1.82, 2.24) is 5.32 Å². The standard InChI is InChI=1S/C13H17NO2/c1-9(10(2)14-3)6-11-4-5-12-13(7-11)16-8-15-12/h4-7,10,14H,8H2,1-3H3/b9-6+. The molecule has 0 bridgehead atoms. The molecule has 1 aliphatic rings. The van der Waals surface area contributed by atoms with Gasteiger partial charge >= 0.3 is 0 Å². The van der Waals surface area contributed by atoms with Crippen LogP contribution in [0.2, 0.25) is 0 Å². The molecule has 16 heavy (non-hydrogen) atoms. The van der Waals surface area contributed by atoms with E-state index in [2.05, 4.69) is 25.2 Å². The zero-order valence-electron chi connectivity index (χ0n) is 9.91. The smallest absolute Gasteiger partial charge is 0.231 e. The molecule has 0 radical (unpaired) electrons. The van der Waals surface area contributed by atoms with Crippen LogP contribution < -0.4 is 14.8 Å². The second kappa shape index (κ2) is 4.58. The first-order valence-corrected chi connectivity index (χ1v) is 5.46. The number of likely N-dealkylation sites (N-methyl/N-ethyl adjacent to an activating group) is 1. The van der Waals surface area contributed by atoms with Crippen LogP contribution in [0.15, 0.2) is 23.8 Å². The van der Waals surface area contributed by atoms with Gasteiger partial charge in [-0.1, -0.05) is 17.7 Å². The largest absolute Gasteiger partial charge is 0.454 e. The van der Waals surface area contributed by atoms with E-state index in [1.54, 1.807) is 0 Å². The van der Waals surface area contributed by atoms with E-state index in [4.69, 9.17) is 9.47 Å². The van der Waals surface area contributed by atoms with Crippen LogP contribution in [-0.4, -0.2) is 19.9 Å². The minimum atomic E-state index is 0.328. The summed E-state index contributed by atoms with van der Waals surface area (Å²) in [5.74, 6) is 1.66. The molecule has 1 N–H and O–H groups in total. The van der Waals surface area contributed by atoms with Gasteiger partial charge in [-0.15, -0.1) is 0 Å². The van der Waals surface area contributed by atoms with Gasteiger partial charge < -0.3 is 14.8 Å². The molecule has 0 spiro atoms. The molecule has 0 saturated heterocycles. The summed E-state index contributed by atoms with van der Waals surface area (Å²) in [4.78, 5) is 0. The number of hydrogen-bond donors (Lipinski definition) is 1. The van der Waals surface area contributed by atoms with Gasteiger partial charge in [-0.25, -0.2) is 0 Å². The summed E-state index contributed by atoms with van der Waals surface area (Å²) in [5.41, 5.74) is 2.44. The van der Waals surface area contributed by atoms with Crippen molar-refractivity contribution in [2.24, 2.45) is 0 Å². The highest BCUT2D eigenvalue weighted by molar-refractivity contribution is 5.59. The first kappa shape index (κ1) is 11.0. The predicted molar refractivity (Wildman–Crippen MR) is 64.7 cm³/mol. The minimum absolute atomic E-state index is 0.328. The van der Waals surface area contributed by atoms with E-state index in [9.17, 15) is 0 Å². The Morgan fingerprint density at radius 2 is 2.12 bits per heavy atom. The lowest BCUT2D eigenvalue weighted by atomic mass is 10.1. The van der Waals surface area contributed by atoms with Crippen molar-refractivity contribution in [3.8, 4) is 11.5 Å². The number of nitrogens with one attached hydrogen (secondary N) is 1. The summed E-state index contributed by atoms with van der Waals surface area (Å²) >= 11 is 0. The molecule has 1 aromatic rings. The maximum Gasteiger partial charge on any atom is 0.231 e. The number of ether oxygens (including phenoxy) is 2. The normalized spacial score (nSPS) is 16.3. The molecule has 1 aliphatic heterocycles. The fourth-order valence-electron chi connectivity index (χ4n) is 1.62. The van der Waals surface area contributed by atoms with Crippen LogP contribution in [0, 0.1) is 0 Å². The second-order valence-corrected chi connectivity index (χ2v) is 4.01. The molecule has 0 amide bonds. The Kier molecular flexibility index (Phi) is 3.15. The molecule has 1 aromatic carbocycles. The van der Waals surface area contributed by atoms with Crippen molar-refractivity contribution in [3.05, 3.63) is 29.3 Å². The van der Waals surface area contributed by atoms with E-state index in [-0.39, 0.29) is 0 Å². The Morgan fingerprint density at radius 1 is 1.38 bits per heavy atom. The highest BCUT2D eigenvalue weighted by Crippen LogP contribution is 2.33. The average molecular weight is 219 g/mol. The van der Waals surface area contributed by atoms with E-state index in [1.807, 2.05) is 25.2 Å². The van der Waals surface area contributed by atoms with Crippen molar-refractivity contribution >= 4 is 6.08 Å². The van der Waals surface area contributed by atoms with Gasteiger partial charge in [0.05, 0.1) is 0 Å². The Bertz CT molecular complexity index is 412. The molecular formula is C13H17NO2. The van der Waals surface area contributed by atoms with Gasteiger partial charge in [0.15, 0.2) is 11.5 Å². The highest BCUT2D eigenvalue weighted by atomic mass is 16.7. The monoisotopic (exact) mass is 219 g/mol. The van der Waals surface area contributed by atoms with Gasteiger partial charge in [-0.3, -0.25) is 0 Å². The van der Waals surface area contributed by atoms with Crippen molar-refractivity contribution < 1.29 is 9.47 Å². The van der Waals surface area contributed by atoms with Crippen LogP contribution >= 0.6 is 0 Å². The fourth-order valence-corrected chi connectivity index (χ4v) is 1.62. The lowest BCUT2D eigenvalue weighted by molar-refractivity contribution is 0.174. The van der Waals surface area contributed by atoms with E-state index >= 15 is 0 Å². The molecule has 1 atom stereocenters. The third kappa shape index (κ3) is 2.19. The summed E-state index contributed by atoms with van der Waals surface area (Å²) in [6.45, 7) is 4.58. The molecule has 1 unspecified atom stereocenters. The van der Waals surface area contributed by atoms with Crippen molar-refractivity contribution in [2.75, 3.05) is 13.8 Å². The average Bonchev–Trinajstić information content (AvgIpc) is 2.75. The van der Waals surface area contributed by atoms with Gasteiger partial charge in [0, 0.05) is 6.04 Å². The molecule has 0 fully saturated rings. The van der Waals surface area contributed by atoms with Crippen LogP contribution in [0.4, 0.5) is 0 Å². The van der Waals surface area contributed by atoms with Crippen LogP contribution in [0.25, 0.3) is 6.08 Å². The molecule has 0 aliphatic carbocycles.